The molecule has 0 radical (unpaired) electrons. The molecule has 0 unspecified atom stereocenters. The standard InChI is InChI=1S/C17H17NO2S/c19-21(20)12-11-16(13-21)18-17(14-7-3-1-4-8-14)15-9-5-2-6-10-15/h1-12,16-18H,13H2/t16-/m1/s1. The van der Waals surface area contributed by atoms with Gasteiger partial charge in [-0.25, -0.2) is 8.42 Å². The Morgan fingerprint density at radius 1 is 0.905 bits per heavy atom. The number of hydrogen-bond donors (Lipinski definition) is 1. The molecule has 0 amide bonds. The summed E-state index contributed by atoms with van der Waals surface area (Å²) < 4.78 is 23.1. The van der Waals surface area contributed by atoms with Crippen LogP contribution < -0.4 is 5.32 Å². The third kappa shape index (κ3) is 3.40. The second-order valence-corrected chi connectivity index (χ2v) is 7.12. The van der Waals surface area contributed by atoms with Crippen LogP contribution in [0.25, 0.3) is 0 Å². The lowest BCUT2D eigenvalue weighted by Crippen LogP contribution is -2.34. The molecule has 1 N–H and O–H groups in total. The van der Waals surface area contributed by atoms with Crippen LogP contribution in [0.3, 0.4) is 0 Å². The summed E-state index contributed by atoms with van der Waals surface area (Å²) >= 11 is 0. The smallest absolute Gasteiger partial charge is 0.173 e. The van der Waals surface area contributed by atoms with Gasteiger partial charge in [-0.3, -0.25) is 5.32 Å². The molecule has 3 nitrogen and oxygen atoms in total. The molecule has 0 aromatic heterocycles. The first-order chi connectivity index (χ1) is 10.1. The molecule has 1 heterocycles. The lowest BCUT2D eigenvalue weighted by Gasteiger charge is -2.23. The van der Waals surface area contributed by atoms with Crippen molar-refractivity contribution in [1.29, 1.82) is 0 Å². The Balaban J connectivity index is 1.89. The molecule has 0 aliphatic carbocycles. The van der Waals surface area contributed by atoms with Gasteiger partial charge in [0.05, 0.1) is 11.8 Å². The summed E-state index contributed by atoms with van der Waals surface area (Å²) in [5, 5.41) is 4.74. The van der Waals surface area contributed by atoms with Crippen LogP contribution in [0.5, 0.6) is 0 Å². The maximum atomic E-state index is 11.6. The van der Waals surface area contributed by atoms with Crippen LogP contribution in [0.2, 0.25) is 0 Å². The van der Waals surface area contributed by atoms with E-state index in [-0.39, 0.29) is 17.8 Å². The van der Waals surface area contributed by atoms with E-state index in [0.29, 0.717) is 0 Å². The normalized spacial score (nSPS) is 20.0. The third-order valence-electron chi connectivity index (χ3n) is 3.58. The van der Waals surface area contributed by atoms with Gasteiger partial charge in [0, 0.05) is 11.4 Å². The van der Waals surface area contributed by atoms with E-state index in [2.05, 4.69) is 29.6 Å². The summed E-state index contributed by atoms with van der Waals surface area (Å²) in [7, 11) is -3.05. The predicted octanol–water partition coefficient (Wildman–Crippen LogP) is 2.68. The zero-order chi connectivity index (χ0) is 14.7. The fraction of sp³-hybridized carbons (Fsp3) is 0.176. The maximum absolute atomic E-state index is 11.6. The fourth-order valence-corrected chi connectivity index (χ4v) is 3.82. The van der Waals surface area contributed by atoms with Crippen molar-refractivity contribution < 1.29 is 8.42 Å². The Labute approximate surface area is 125 Å². The molecule has 2 aromatic carbocycles. The molecule has 4 heteroatoms. The number of rotatable bonds is 4. The minimum Gasteiger partial charge on any atom is -0.299 e. The molecule has 3 rings (SSSR count). The Morgan fingerprint density at radius 2 is 1.43 bits per heavy atom. The highest BCUT2D eigenvalue weighted by Gasteiger charge is 2.25. The lowest BCUT2D eigenvalue weighted by molar-refractivity contribution is 0.556. The van der Waals surface area contributed by atoms with Crippen molar-refractivity contribution in [3.05, 3.63) is 83.3 Å². The molecule has 0 saturated carbocycles. The van der Waals surface area contributed by atoms with Gasteiger partial charge in [-0.2, -0.15) is 0 Å². The fourth-order valence-electron chi connectivity index (χ4n) is 2.57. The summed E-state index contributed by atoms with van der Waals surface area (Å²) in [5.74, 6) is 0.128. The molecular formula is C17H17NO2S. The molecule has 0 fully saturated rings. The van der Waals surface area contributed by atoms with Gasteiger partial charge in [-0.15, -0.1) is 0 Å². The van der Waals surface area contributed by atoms with E-state index in [9.17, 15) is 8.42 Å². The maximum Gasteiger partial charge on any atom is 0.173 e. The Hall–Kier alpha value is -1.91. The van der Waals surface area contributed by atoms with Gasteiger partial charge in [0.15, 0.2) is 9.84 Å². The van der Waals surface area contributed by atoms with Gasteiger partial charge in [-0.05, 0) is 11.1 Å². The van der Waals surface area contributed by atoms with Crippen molar-refractivity contribution in [3.63, 3.8) is 0 Å². The van der Waals surface area contributed by atoms with Gasteiger partial charge in [0.1, 0.15) is 0 Å². The topological polar surface area (TPSA) is 46.2 Å². The van der Waals surface area contributed by atoms with E-state index >= 15 is 0 Å². The van der Waals surface area contributed by atoms with Crippen LogP contribution in [0.1, 0.15) is 17.2 Å². The average molecular weight is 299 g/mol. The van der Waals surface area contributed by atoms with Crippen molar-refractivity contribution in [3.8, 4) is 0 Å². The van der Waals surface area contributed by atoms with Crippen LogP contribution in [0.4, 0.5) is 0 Å². The Bertz CT molecular complexity index is 684. The van der Waals surface area contributed by atoms with Crippen LogP contribution in [-0.2, 0) is 9.84 Å². The summed E-state index contributed by atoms with van der Waals surface area (Å²) in [5.41, 5.74) is 2.25. The molecule has 0 bridgehead atoms. The zero-order valence-corrected chi connectivity index (χ0v) is 12.3. The first-order valence-electron chi connectivity index (χ1n) is 6.91. The van der Waals surface area contributed by atoms with E-state index in [1.807, 2.05) is 36.4 Å². The molecule has 2 aromatic rings. The van der Waals surface area contributed by atoms with Gasteiger partial charge >= 0.3 is 0 Å². The summed E-state index contributed by atoms with van der Waals surface area (Å²) in [6, 6.07) is 20.0. The Kier molecular flexibility index (Phi) is 3.90. The molecular weight excluding hydrogens is 282 g/mol. The monoisotopic (exact) mass is 299 g/mol. The SMILES string of the molecule is O=S1(=O)C=C[C@@H](NC(c2ccccc2)c2ccccc2)C1. The molecule has 1 aliphatic rings. The molecule has 1 aliphatic heterocycles. The lowest BCUT2D eigenvalue weighted by atomic mass is 9.98. The summed E-state index contributed by atoms with van der Waals surface area (Å²) in [6.07, 6.45) is 1.73. The molecule has 0 spiro atoms. The van der Waals surface area contributed by atoms with Crippen molar-refractivity contribution in [2.24, 2.45) is 0 Å². The van der Waals surface area contributed by atoms with E-state index in [1.165, 1.54) is 5.41 Å². The van der Waals surface area contributed by atoms with Gasteiger partial charge in [0.2, 0.25) is 0 Å². The van der Waals surface area contributed by atoms with Gasteiger partial charge in [0.25, 0.3) is 0 Å². The van der Waals surface area contributed by atoms with E-state index < -0.39 is 9.84 Å². The molecule has 21 heavy (non-hydrogen) atoms. The average Bonchev–Trinajstić information content (AvgIpc) is 2.86. The van der Waals surface area contributed by atoms with E-state index in [1.54, 1.807) is 6.08 Å². The quantitative estimate of drug-likeness (QED) is 0.944. The van der Waals surface area contributed by atoms with Gasteiger partial charge < -0.3 is 0 Å². The molecule has 1 atom stereocenters. The zero-order valence-electron chi connectivity index (χ0n) is 11.5. The number of benzene rings is 2. The number of hydrogen-bond acceptors (Lipinski definition) is 3. The van der Waals surface area contributed by atoms with Gasteiger partial charge in [-0.1, -0.05) is 66.7 Å². The van der Waals surface area contributed by atoms with Crippen molar-refractivity contribution in [2.45, 2.75) is 12.1 Å². The van der Waals surface area contributed by atoms with Crippen LogP contribution in [0, 0.1) is 0 Å². The second-order valence-electron chi connectivity index (χ2n) is 5.19. The van der Waals surface area contributed by atoms with Crippen molar-refractivity contribution >= 4 is 9.84 Å². The third-order valence-corrected chi connectivity index (χ3v) is 4.97. The number of nitrogens with one attached hydrogen (secondary N) is 1. The molecule has 108 valence electrons. The van der Waals surface area contributed by atoms with Crippen LogP contribution >= 0.6 is 0 Å². The summed E-state index contributed by atoms with van der Waals surface area (Å²) in [4.78, 5) is 0. The first kappa shape index (κ1) is 14.0. The summed E-state index contributed by atoms with van der Waals surface area (Å²) in [6.45, 7) is 0. The highest BCUT2D eigenvalue weighted by molar-refractivity contribution is 7.94. The van der Waals surface area contributed by atoms with Crippen molar-refractivity contribution in [2.75, 3.05) is 5.75 Å². The first-order valence-corrected chi connectivity index (χ1v) is 8.62. The largest absolute Gasteiger partial charge is 0.299 e. The van der Waals surface area contributed by atoms with Crippen molar-refractivity contribution in [1.82, 2.24) is 5.32 Å². The second kappa shape index (κ2) is 5.84. The van der Waals surface area contributed by atoms with Crippen LogP contribution in [-0.4, -0.2) is 20.2 Å². The minimum absolute atomic E-state index is 0.0182. The minimum atomic E-state index is -3.05. The highest BCUT2D eigenvalue weighted by atomic mass is 32.2. The predicted molar refractivity (Wildman–Crippen MR) is 84.6 cm³/mol. The Morgan fingerprint density at radius 3 is 1.86 bits per heavy atom. The van der Waals surface area contributed by atoms with E-state index in [0.717, 1.165) is 11.1 Å². The van der Waals surface area contributed by atoms with E-state index in [4.69, 9.17) is 0 Å². The number of sulfone groups is 1. The van der Waals surface area contributed by atoms with Crippen LogP contribution in [0.15, 0.2) is 72.1 Å². The highest BCUT2D eigenvalue weighted by Crippen LogP contribution is 2.23. The molecule has 0 saturated heterocycles.